The fraction of sp³-hybridized carbons (Fsp3) is 0.381. The van der Waals surface area contributed by atoms with E-state index in [1.807, 2.05) is 18.2 Å². The Bertz CT molecular complexity index is 745. The van der Waals surface area contributed by atoms with Crippen molar-refractivity contribution in [1.82, 2.24) is 5.32 Å². The smallest absolute Gasteiger partial charge is 0.258 e. The Morgan fingerprint density at radius 2 is 1.77 bits per heavy atom. The van der Waals surface area contributed by atoms with Crippen LogP contribution in [0.4, 0.5) is 0 Å². The Hall–Kier alpha value is -2.69. The maximum Gasteiger partial charge on any atom is 0.258 e. The van der Waals surface area contributed by atoms with Gasteiger partial charge in [-0.2, -0.15) is 0 Å². The van der Waals surface area contributed by atoms with E-state index in [1.165, 1.54) is 24.0 Å². The van der Waals surface area contributed by atoms with Crippen LogP contribution >= 0.6 is 0 Å². The van der Waals surface area contributed by atoms with Crippen molar-refractivity contribution < 1.29 is 19.0 Å². The molecule has 1 N–H and O–H groups in total. The van der Waals surface area contributed by atoms with Gasteiger partial charge in [-0.3, -0.25) is 4.79 Å². The van der Waals surface area contributed by atoms with Crippen LogP contribution < -0.4 is 19.5 Å². The van der Waals surface area contributed by atoms with Crippen LogP contribution in [0.2, 0.25) is 0 Å². The van der Waals surface area contributed by atoms with Gasteiger partial charge in [0.2, 0.25) is 0 Å². The minimum absolute atomic E-state index is 0.0563. The molecule has 0 unspecified atom stereocenters. The first-order chi connectivity index (χ1) is 12.8. The molecule has 5 heteroatoms. The summed E-state index contributed by atoms with van der Waals surface area (Å²) in [6.45, 7) is 0.809. The van der Waals surface area contributed by atoms with Gasteiger partial charge >= 0.3 is 0 Å². The van der Waals surface area contributed by atoms with E-state index >= 15 is 0 Å². The van der Waals surface area contributed by atoms with Crippen molar-refractivity contribution >= 4 is 5.91 Å². The monoisotopic (exact) mass is 355 g/mol. The molecule has 3 rings (SSSR count). The van der Waals surface area contributed by atoms with Crippen molar-refractivity contribution in [3.63, 3.8) is 0 Å². The second-order valence-electron chi connectivity index (χ2n) is 6.28. The molecule has 0 saturated carbocycles. The van der Waals surface area contributed by atoms with Gasteiger partial charge in [-0.1, -0.05) is 18.2 Å². The lowest BCUT2D eigenvalue weighted by Crippen LogP contribution is -2.32. The quantitative estimate of drug-likeness (QED) is 0.739. The summed E-state index contributed by atoms with van der Waals surface area (Å²) >= 11 is 0. The summed E-state index contributed by atoms with van der Waals surface area (Å²) in [5, 5.41) is 2.79. The molecule has 0 radical (unpaired) electrons. The number of benzene rings is 2. The molecule has 1 aliphatic carbocycles. The summed E-state index contributed by atoms with van der Waals surface area (Å²) in [4.78, 5) is 11.9. The Kier molecular flexibility index (Phi) is 6.36. The standard InChI is InChI=1S/C21H25NO4/c1-24-19-8-4-5-9-20(19)26-15-21(23)22-12-13-25-18-11-10-16-6-2-3-7-17(16)14-18/h4-5,8-11,14H,2-3,6-7,12-13,15H2,1H3,(H,22,23). The van der Waals surface area contributed by atoms with Crippen LogP contribution in [-0.4, -0.2) is 32.8 Å². The average molecular weight is 355 g/mol. The molecule has 1 amide bonds. The molecule has 0 spiro atoms. The van der Waals surface area contributed by atoms with Gasteiger partial charge in [0.25, 0.3) is 5.91 Å². The van der Waals surface area contributed by atoms with E-state index in [0.717, 1.165) is 18.6 Å². The molecular weight excluding hydrogens is 330 g/mol. The third-order valence-corrected chi connectivity index (χ3v) is 4.44. The first kappa shape index (κ1) is 18.1. The lowest BCUT2D eigenvalue weighted by atomic mass is 9.92. The number of ether oxygens (including phenoxy) is 3. The van der Waals surface area contributed by atoms with Gasteiger partial charge in [0, 0.05) is 0 Å². The maximum absolute atomic E-state index is 11.9. The number of para-hydroxylation sites is 2. The number of rotatable bonds is 8. The lowest BCUT2D eigenvalue weighted by Gasteiger charge is -2.17. The third-order valence-electron chi connectivity index (χ3n) is 4.44. The van der Waals surface area contributed by atoms with Crippen molar-refractivity contribution in [3.05, 3.63) is 53.6 Å². The van der Waals surface area contributed by atoms with Crippen molar-refractivity contribution in [2.75, 3.05) is 26.9 Å². The van der Waals surface area contributed by atoms with Gasteiger partial charge in [0.1, 0.15) is 12.4 Å². The van der Waals surface area contributed by atoms with Crippen LogP contribution in [0.1, 0.15) is 24.0 Å². The highest BCUT2D eigenvalue weighted by Gasteiger charge is 2.10. The summed E-state index contributed by atoms with van der Waals surface area (Å²) in [6.07, 6.45) is 4.82. The van der Waals surface area contributed by atoms with E-state index in [2.05, 4.69) is 17.4 Å². The van der Waals surface area contributed by atoms with E-state index in [-0.39, 0.29) is 12.5 Å². The maximum atomic E-state index is 11.9. The molecule has 0 aromatic heterocycles. The van der Waals surface area contributed by atoms with Crippen molar-refractivity contribution in [3.8, 4) is 17.2 Å². The van der Waals surface area contributed by atoms with E-state index in [4.69, 9.17) is 14.2 Å². The first-order valence-corrected chi connectivity index (χ1v) is 9.03. The molecule has 5 nitrogen and oxygen atoms in total. The fourth-order valence-electron chi connectivity index (χ4n) is 3.09. The summed E-state index contributed by atoms with van der Waals surface area (Å²) in [5.41, 5.74) is 2.83. The number of nitrogens with one attached hydrogen (secondary N) is 1. The van der Waals surface area contributed by atoms with Crippen LogP contribution in [-0.2, 0) is 17.6 Å². The van der Waals surface area contributed by atoms with Gasteiger partial charge in [0.15, 0.2) is 18.1 Å². The van der Waals surface area contributed by atoms with Gasteiger partial charge in [-0.15, -0.1) is 0 Å². The second kappa shape index (κ2) is 9.13. The van der Waals surface area contributed by atoms with Crippen molar-refractivity contribution in [1.29, 1.82) is 0 Å². The number of aryl methyl sites for hydroxylation is 2. The molecule has 0 aliphatic heterocycles. The molecule has 26 heavy (non-hydrogen) atoms. The number of hydrogen-bond acceptors (Lipinski definition) is 4. The Balaban J connectivity index is 1.37. The molecule has 0 heterocycles. The number of fused-ring (bicyclic) bond motifs is 1. The van der Waals surface area contributed by atoms with E-state index in [1.54, 1.807) is 19.2 Å². The molecule has 0 saturated heterocycles. The summed E-state index contributed by atoms with van der Waals surface area (Å²) in [5.74, 6) is 1.83. The van der Waals surface area contributed by atoms with E-state index < -0.39 is 0 Å². The summed E-state index contributed by atoms with van der Waals surface area (Å²) in [6, 6.07) is 13.5. The van der Waals surface area contributed by atoms with Crippen molar-refractivity contribution in [2.45, 2.75) is 25.7 Å². The first-order valence-electron chi connectivity index (χ1n) is 9.03. The summed E-state index contributed by atoms with van der Waals surface area (Å²) < 4.78 is 16.4. The Morgan fingerprint density at radius 1 is 1.00 bits per heavy atom. The molecule has 0 atom stereocenters. The van der Waals surface area contributed by atoms with Crippen molar-refractivity contribution in [2.24, 2.45) is 0 Å². The Labute approximate surface area is 154 Å². The number of methoxy groups -OCH3 is 1. The van der Waals surface area contributed by atoms with Gasteiger partial charge in [0.05, 0.1) is 13.7 Å². The number of hydrogen-bond donors (Lipinski definition) is 1. The fourth-order valence-corrected chi connectivity index (χ4v) is 3.09. The second-order valence-corrected chi connectivity index (χ2v) is 6.28. The minimum Gasteiger partial charge on any atom is -0.493 e. The van der Waals surface area contributed by atoms with Gasteiger partial charge in [-0.05, 0) is 61.1 Å². The topological polar surface area (TPSA) is 56.8 Å². The largest absolute Gasteiger partial charge is 0.493 e. The van der Waals surface area contributed by atoms with Crippen LogP contribution in [0.3, 0.4) is 0 Å². The molecule has 2 aromatic rings. The van der Waals surface area contributed by atoms with Gasteiger partial charge in [-0.25, -0.2) is 0 Å². The molecule has 1 aliphatic rings. The molecule has 138 valence electrons. The SMILES string of the molecule is COc1ccccc1OCC(=O)NCCOc1ccc2c(c1)CCCC2. The lowest BCUT2D eigenvalue weighted by molar-refractivity contribution is -0.123. The number of amides is 1. The predicted octanol–water partition coefficient (Wildman–Crippen LogP) is 3.15. The van der Waals surface area contributed by atoms with Crippen LogP contribution in [0.25, 0.3) is 0 Å². The number of carbonyl (C=O) groups excluding carboxylic acids is 1. The number of carbonyl (C=O) groups is 1. The molecule has 0 fully saturated rings. The van der Waals surface area contributed by atoms with E-state index in [0.29, 0.717) is 24.7 Å². The zero-order chi connectivity index (χ0) is 18.2. The zero-order valence-electron chi connectivity index (χ0n) is 15.1. The van der Waals surface area contributed by atoms with Crippen LogP contribution in [0, 0.1) is 0 Å². The molecular formula is C21H25NO4. The highest BCUT2D eigenvalue weighted by atomic mass is 16.5. The van der Waals surface area contributed by atoms with Crippen LogP contribution in [0.15, 0.2) is 42.5 Å². The van der Waals surface area contributed by atoms with Gasteiger partial charge < -0.3 is 19.5 Å². The van der Waals surface area contributed by atoms with Crippen LogP contribution in [0.5, 0.6) is 17.2 Å². The normalized spacial score (nSPS) is 12.8. The van der Waals surface area contributed by atoms with E-state index in [9.17, 15) is 4.79 Å². The average Bonchev–Trinajstić information content (AvgIpc) is 2.69. The highest BCUT2D eigenvalue weighted by molar-refractivity contribution is 5.77. The minimum atomic E-state index is -0.190. The molecule has 0 bridgehead atoms. The third kappa shape index (κ3) is 4.91. The predicted molar refractivity (Wildman–Crippen MR) is 100 cm³/mol. The highest BCUT2D eigenvalue weighted by Crippen LogP contribution is 2.26. The summed E-state index contributed by atoms with van der Waals surface area (Å²) in [7, 11) is 1.57. The molecule has 2 aromatic carbocycles. The Morgan fingerprint density at radius 3 is 2.58 bits per heavy atom. The zero-order valence-corrected chi connectivity index (χ0v) is 15.1.